The standard InChI is InChI=1S/C12H20N4/c1-5-16(8(2)3)12-10(11(13)14)7-6-9(4)15-12/h6-8H,5H2,1-4H3,(H3,13,14). The molecule has 88 valence electrons. The normalized spacial score (nSPS) is 10.6. The van der Waals surface area contributed by atoms with Crippen LogP contribution in [0.25, 0.3) is 0 Å². The number of amidine groups is 1. The van der Waals surface area contributed by atoms with Gasteiger partial charge in [-0.25, -0.2) is 4.98 Å². The molecule has 0 bridgehead atoms. The molecule has 0 aliphatic rings. The average Bonchev–Trinajstić information content (AvgIpc) is 2.17. The summed E-state index contributed by atoms with van der Waals surface area (Å²) in [6.07, 6.45) is 0. The lowest BCUT2D eigenvalue weighted by atomic mass is 10.2. The second kappa shape index (κ2) is 4.96. The highest BCUT2D eigenvalue weighted by atomic mass is 15.2. The van der Waals surface area contributed by atoms with Crippen molar-refractivity contribution < 1.29 is 0 Å². The molecule has 0 fully saturated rings. The van der Waals surface area contributed by atoms with Gasteiger partial charge in [-0.15, -0.1) is 0 Å². The number of hydrogen-bond acceptors (Lipinski definition) is 3. The van der Waals surface area contributed by atoms with Crippen LogP contribution >= 0.6 is 0 Å². The van der Waals surface area contributed by atoms with E-state index in [9.17, 15) is 0 Å². The Balaban J connectivity index is 3.27. The molecule has 0 aliphatic carbocycles. The maximum Gasteiger partial charge on any atom is 0.140 e. The topological polar surface area (TPSA) is 66.0 Å². The molecule has 4 nitrogen and oxygen atoms in total. The molecule has 1 aromatic rings. The van der Waals surface area contributed by atoms with E-state index < -0.39 is 0 Å². The molecule has 0 atom stereocenters. The molecule has 1 heterocycles. The third-order valence-electron chi connectivity index (χ3n) is 2.54. The zero-order chi connectivity index (χ0) is 12.3. The number of nitrogen functional groups attached to an aromatic ring is 1. The van der Waals surface area contributed by atoms with Crippen molar-refractivity contribution in [3.05, 3.63) is 23.4 Å². The zero-order valence-corrected chi connectivity index (χ0v) is 10.4. The van der Waals surface area contributed by atoms with Crippen LogP contribution in [0.2, 0.25) is 0 Å². The molecule has 0 amide bonds. The van der Waals surface area contributed by atoms with Gasteiger partial charge in [0, 0.05) is 18.3 Å². The summed E-state index contributed by atoms with van der Waals surface area (Å²) in [5.74, 6) is 0.881. The number of nitrogens with two attached hydrogens (primary N) is 1. The number of pyridine rings is 1. The van der Waals surface area contributed by atoms with Crippen molar-refractivity contribution in [3.8, 4) is 0 Å². The molecular formula is C12H20N4. The fourth-order valence-electron chi connectivity index (χ4n) is 1.73. The van der Waals surface area contributed by atoms with Crippen LogP contribution in [0.3, 0.4) is 0 Å². The Morgan fingerprint density at radius 3 is 2.56 bits per heavy atom. The predicted octanol–water partition coefficient (Wildman–Crippen LogP) is 1.91. The molecular weight excluding hydrogens is 200 g/mol. The summed E-state index contributed by atoms with van der Waals surface area (Å²) in [7, 11) is 0. The van der Waals surface area contributed by atoms with Crippen LogP contribution in [-0.4, -0.2) is 23.4 Å². The van der Waals surface area contributed by atoms with Crippen molar-refractivity contribution in [2.45, 2.75) is 33.7 Å². The van der Waals surface area contributed by atoms with E-state index in [2.05, 4.69) is 30.7 Å². The van der Waals surface area contributed by atoms with Gasteiger partial charge in [-0.1, -0.05) is 0 Å². The van der Waals surface area contributed by atoms with Gasteiger partial charge in [0.1, 0.15) is 11.7 Å². The quantitative estimate of drug-likeness (QED) is 0.601. The molecule has 0 aliphatic heterocycles. The second-order valence-electron chi connectivity index (χ2n) is 4.12. The molecule has 3 N–H and O–H groups in total. The van der Waals surface area contributed by atoms with Crippen molar-refractivity contribution in [2.75, 3.05) is 11.4 Å². The number of nitrogens with zero attached hydrogens (tertiary/aromatic N) is 2. The van der Waals surface area contributed by atoms with Crippen molar-refractivity contribution in [1.29, 1.82) is 5.41 Å². The van der Waals surface area contributed by atoms with Crippen LogP contribution in [0.5, 0.6) is 0 Å². The van der Waals surface area contributed by atoms with Crippen LogP contribution in [0.1, 0.15) is 32.0 Å². The lowest BCUT2D eigenvalue weighted by Gasteiger charge is -2.28. The first-order valence-electron chi connectivity index (χ1n) is 5.56. The Hall–Kier alpha value is -1.58. The van der Waals surface area contributed by atoms with Gasteiger partial charge in [0.25, 0.3) is 0 Å². The molecule has 0 radical (unpaired) electrons. The average molecular weight is 220 g/mol. The minimum absolute atomic E-state index is 0.0709. The second-order valence-corrected chi connectivity index (χ2v) is 4.12. The fraction of sp³-hybridized carbons (Fsp3) is 0.500. The number of rotatable bonds is 4. The zero-order valence-electron chi connectivity index (χ0n) is 10.4. The predicted molar refractivity (Wildman–Crippen MR) is 68.1 cm³/mol. The van der Waals surface area contributed by atoms with Gasteiger partial charge in [0.2, 0.25) is 0 Å². The Morgan fingerprint density at radius 1 is 1.50 bits per heavy atom. The van der Waals surface area contributed by atoms with Gasteiger partial charge in [-0.2, -0.15) is 0 Å². The van der Waals surface area contributed by atoms with Crippen LogP contribution < -0.4 is 10.6 Å². The monoisotopic (exact) mass is 220 g/mol. The smallest absolute Gasteiger partial charge is 0.140 e. The molecule has 16 heavy (non-hydrogen) atoms. The molecule has 0 saturated heterocycles. The summed E-state index contributed by atoms with van der Waals surface area (Å²) in [6.45, 7) is 9.10. The van der Waals surface area contributed by atoms with Gasteiger partial charge in [-0.05, 0) is 39.8 Å². The van der Waals surface area contributed by atoms with Crippen molar-refractivity contribution in [2.24, 2.45) is 5.73 Å². The number of hydrogen-bond donors (Lipinski definition) is 2. The van der Waals surface area contributed by atoms with Crippen molar-refractivity contribution >= 4 is 11.7 Å². The van der Waals surface area contributed by atoms with Crippen molar-refractivity contribution in [3.63, 3.8) is 0 Å². The van der Waals surface area contributed by atoms with Gasteiger partial charge in [0.15, 0.2) is 0 Å². The maximum atomic E-state index is 7.57. The highest BCUT2D eigenvalue weighted by molar-refractivity contribution is 5.99. The van der Waals surface area contributed by atoms with Crippen LogP contribution in [0.4, 0.5) is 5.82 Å². The minimum atomic E-state index is 0.0709. The SMILES string of the molecule is CCN(c1nc(C)ccc1C(=N)N)C(C)C. The molecule has 1 rings (SSSR count). The van der Waals surface area contributed by atoms with E-state index in [0.717, 1.165) is 18.1 Å². The Bertz CT molecular complexity index is 385. The maximum absolute atomic E-state index is 7.57. The van der Waals surface area contributed by atoms with E-state index in [1.807, 2.05) is 19.1 Å². The van der Waals surface area contributed by atoms with E-state index >= 15 is 0 Å². The first-order chi connectivity index (χ1) is 7.47. The Morgan fingerprint density at radius 2 is 2.12 bits per heavy atom. The van der Waals surface area contributed by atoms with Gasteiger partial charge < -0.3 is 10.6 Å². The molecule has 0 aromatic carbocycles. The molecule has 1 aromatic heterocycles. The Labute approximate surface area is 97.0 Å². The van der Waals surface area contributed by atoms with Gasteiger partial charge in [0.05, 0.1) is 5.56 Å². The van der Waals surface area contributed by atoms with E-state index in [1.54, 1.807) is 0 Å². The molecule has 4 heteroatoms. The minimum Gasteiger partial charge on any atom is -0.384 e. The first kappa shape index (κ1) is 12.5. The summed E-state index contributed by atoms with van der Waals surface area (Å²) >= 11 is 0. The number of aromatic nitrogens is 1. The van der Waals surface area contributed by atoms with Gasteiger partial charge >= 0.3 is 0 Å². The molecule has 0 spiro atoms. The fourth-order valence-corrected chi connectivity index (χ4v) is 1.73. The van der Waals surface area contributed by atoms with E-state index in [-0.39, 0.29) is 5.84 Å². The number of nitrogens with one attached hydrogen (secondary N) is 1. The highest BCUT2D eigenvalue weighted by Gasteiger charge is 2.16. The number of aryl methyl sites for hydroxylation is 1. The van der Waals surface area contributed by atoms with Gasteiger partial charge in [-0.3, -0.25) is 5.41 Å². The van der Waals surface area contributed by atoms with Crippen LogP contribution in [-0.2, 0) is 0 Å². The largest absolute Gasteiger partial charge is 0.384 e. The molecule has 0 unspecified atom stereocenters. The van der Waals surface area contributed by atoms with Crippen LogP contribution in [0, 0.1) is 12.3 Å². The highest BCUT2D eigenvalue weighted by Crippen LogP contribution is 2.20. The summed E-state index contributed by atoms with van der Waals surface area (Å²) in [4.78, 5) is 6.63. The summed E-state index contributed by atoms with van der Waals surface area (Å²) in [5, 5.41) is 7.57. The van der Waals surface area contributed by atoms with E-state index in [4.69, 9.17) is 11.1 Å². The van der Waals surface area contributed by atoms with E-state index in [1.165, 1.54) is 0 Å². The van der Waals surface area contributed by atoms with E-state index in [0.29, 0.717) is 11.6 Å². The number of anilines is 1. The lowest BCUT2D eigenvalue weighted by molar-refractivity contribution is 0.691. The van der Waals surface area contributed by atoms with Crippen LogP contribution in [0.15, 0.2) is 12.1 Å². The van der Waals surface area contributed by atoms with Crippen molar-refractivity contribution in [1.82, 2.24) is 4.98 Å². The summed E-state index contributed by atoms with van der Waals surface area (Å²) in [6, 6.07) is 4.09. The third kappa shape index (κ3) is 2.51. The lowest BCUT2D eigenvalue weighted by Crippen LogP contribution is -2.33. The summed E-state index contributed by atoms with van der Waals surface area (Å²) < 4.78 is 0. The first-order valence-corrected chi connectivity index (χ1v) is 5.56. The molecule has 0 saturated carbocycles. The Kier molecular flexibility index (Phi) is 3.88. The third-order valence-corrected chi connectivity index (χ3v) is 2.54. The summed E-state index contributed by atoms with van der Waals surface area (Å²) in [5.41, 5.74) is 7.23.